The second kappa shape index (κ2) is 3.94. The van der Waals surface area contributed by atoms with Crippen LogP contribution >= 0.6 is 23.2 Å². The van der Waals surface area contributed by atoms with E-state index in [0.29, 0.717) is 0 Å². The zero-order chi connectivity index (χ0) is 10.0. The standard InChI is InChI=1S/C8H6Cl2FNO/c9-3-8(13)4-1-5(10)7(12)2-6(4)11/h1-2H,3,12H2. The van der Waals surface area contributed by atoms with Crippen molar-refractivity contribution in [3.05, 3.63) is 28.5 Å². The molecule has 1 aromatic rings. The van der Waals surface area contributed by atoms with E-state index in [1.54, 1.807) is 0 Å². The lowest BCUT2D eigenvalue weighted by Gasteiger charge is -2.02. The van der Waals surface area contributed by atoms with Crippen LogP contribution in [0.25, 0.3) is 0 Å². The molecule has 2 nitrogen and oxygen atoms in total. The number of carbonyl (C=O) groups excluding carboxylic acids is 1. The first-order chi connectivity index (χ1) is 6.06. The topological polar surface area (TPSA) is 43.1 Å². The number of ketones is 1. The van der Waals surface area contributed by atoms with Gasteiger partial charge in [-0.1, -0.05) is 11.6 Å². The predicted molar refractivity (Wildman–Crippen MR) is 50.9 cm³/mol. The fourth-order valence-electron chi connectivity index (χ4n) is 0.848. The normalized spacial score (nSPS) is 10.1. The van der Waals surface area contributed by atoms with Gasteiger partial charge < -0.3 is 5.73 Å². The summed E-state index contributed by atoms with van der Waals surface area (Å²) in [5.74, 6) is -1.49. The Bertz CT molecular complexity index is 354. The van der Waals surface area contributed by atoms with Crippen molar-refractivity contribution in [3.63, 3.8) is 0 Å². The van der Waals surface area contributed by atoms with E-state index in [4.69, 9.17) is 28.9 Å². The Morgan fingerprint density at radius 2 is 2.15 bits per heavy atom. The first-order valence-corrected chi connectivity index (χ1v) is 4.31. The van der Waals surface area contributed by atoms with Gasteiger partial charge in [0.15, 0.2) is 5.78 Å². The van der Waals surface area contributed by atoms with Crippen molar-refractivity contribution in [1.82, 2.24) is 0 Å². The summed E-state index contributed by atoms with van der Waals surface area (Å²) in [5.41, 5.74) is 5.29. The Labute approximate surface area is 84.4 Å². The number of carbonyl (C=O) groups is 1. The second-order valence-corrected chi connectivity index (χ2v) is 3.08. The molecule has 0 radical (unpaired) electrons. The van der Waals surface area contributed by atoms with Crippen molar-refractivity contribution in [2.75, 3.05) is 11.6 Å². The van der Waals surface area contributed by atoms with Crippen LogP contribution in [-0.2, 0) is 0 Å². The number of halogens is 3. The number of nitrogen functional groups attached to an aromatic ring is 1. The molecule has 0 unspecified atom stereocenters. The van der Waals surface area contributed by atoms with Crippen LogP contribution in [0.4, 0.5) is 10.1 Å². The second-order valence-electron chi connectivity index (χ2n) is 2.41. The van der Waals surface area contributed by atoms with Crippen molar-refractivity contribution in [2.45, 2.75) is 0 Å². The summed E-state index contributed by atoms with van der Waals surface area (Å²) >= 11 is 10.9. The van der Waals surface area contributed by atoms with Gasteiger partial charge in [0.25, 0.3) is 0 Å². The van der Waals surface area contributed by atoms with Crippen LogP contribution in [0.3, 0.4) is 0 Å². The smallest absolute Gasteiger partial charge is 0.180 e. The molecule has 5 heteroatoms. The maximum atomic E-state index is 13.0. The van der Waals surface area contributed by atoms with Gasteiger partial charge in [-0.15, -0.1) is 11.6 Å². The molecule has 0 aromatic heterocycles. The molecule has 0 heterocycles. The van der Waals surface area contributed by atoms with Crippen LogP contribution in [0, 0.1) is 5.82 Å². The number of nitrogens with two attached hydrogens (primary N) is 1. The van der Waals surface area contributed by atoms with Crippen LogP contribution in [0.5, 0.6) is 0 Å². The van der Waals surface area contributed by atoms with Crippen LogP contribution in [0.15, 0.2) is 12.1 Å². The number of anilines is 1. The highest BCUT2D eigenvalue weighted by Gasteiger charge is 2.12. The molecule has 0 aliphatic rings. The zero-order valence-electron chi connectivity index (χ0n) is 6.48. The van der Waals surface area contributed by atoms with Gasteiger partial charge in [0.1, 0.15) is 5.82 Å². The van der Waals surface area contributed by atoms with Crippen LogP contribution in [0.1, 0.15) is 10.4 Å². The van der Waals surface area contributed by atoms with Crippen molar-refractivity contribution < 1.29 is 9.18 Å². The number of benzene rings is 1. The van der Waals surface area contributed by atoms with Crippen LogP contribution in [-0.4, -0.2) is 11.7 Å². The molecule has 2 N–H and O–H groups in total. The van der Waals surface area contributed by atoms with E-state index < -0.39 is 11.6 Å². The molecule has 0 fully saturated rings. The van der Waals surface area contributed by atoms with Crippen molar-refractivity contribution in [3.8, 4) is 0 Å². The minimum Gasteiger partial charge on any atom is -0.397 e. The average molecular weight is 222 g/mol. The van der Waals surface area contributed by atoms with E-state index in [-0.39, 0.29) is 22.2 Å². The van der Waals surface area contributed by atoms with Crippen molar-refractivity contribution in [2.24, 2.45) is 0 Å². The highest BCUT2D eigenvalue weighted by molar-refractivity contribution is 6.34. The van der Waals surface area contributed by atoms with E-state index >= 15 is 0 Å². The third-order valence-corrected chi connectivity index (χ3v) is 2.08. The highest BCUT2D eigenvalue weighted by atomic mass is 35.5. The monoisotopic (exact) mass is 221 g/mol. The van der Waals surface area contributed by atoms with Crippen LogP contribution < -0.4 is 5.73 Å². The Kier molecular flexibility index (Phi) is 3.12. The molecule has 0 spiro atoms. The molecule has 0 bridgehead atoms. The maximum absolute atomic E-state index is 13.0. The fourth-order valence-corrected chi connectivity index (χ4v) is 1.16. The molecule has 0 amide bonds. The van der Waals surface area contributed by atoms with E-state index in [1.807, 2.05) is 0 Å². The number of hydrogen-bond acceptors (Lipinski definition) is 2. The van der Waals surface area contributed by atoms with Crippen molar-refractivity contribution in [1.29, 1.82) is 0 Å². The minimum absolute atomic E-state index is 0.102. The van der Waals surface area contributed by atoms with Gasteiger partial charge in [-0.05, 0) is 12.1 Å². The molecule has 0 saturated carbocycles. The van der Waals surface area contributed by atoms with Crippen molar-refractivity contribution >= 4 is 34.7 Å². The lowest BCUT2D eigenvalue weighted by atomic mass is 10.1. The maximum Gasteiger partial charge on any atom is 0.180 e. The SMILES string of the molecule is Nc1cc(F)c(C(=O)CCl)cc1Cl. The summed E-state index contributed by atoms with van der Waals surface area (Å²) in [7, 11) is 0. The summed E-state index contributed by atoms with van der Waals surface area (Å²) in [6.07, 6.45) is 0. The Morgan fingerprint density at radius 3 is 2.69 bits per heavy atom. The Balaban J connectivity index is 3.23. The third-order valence-electron chi connectivity index (χ3n) is 1.51. The van der Waals surface area contributed by atoms with E-state index in [9.17, 15) is 9.18 Å². The lowest BCUT2D eigenvalue weighted by molar-refractivity contribution is 0.101. The van der Waals surface area contributed by atoms with Gasteiger partial charge in [-0.3, -0.25) is 4.79 Å². The summed E-state index contributed by atoms with van der Waals surface area (Å²) in [6, 6.07) is 2.18. The van der Waals surface area contributed by atoms with Gasteiger partial charge in [0.2, 0.25) is 0 Å². The predicted octanol–water partition coefficient (Wildman–Crippen LogP) is 2.48. The molecule has 0 aliphatic heterocycles. The lowest BCUT2D eigenvalue weighted by Crippen LogP contribution is -2.04. The number of rotatable bonds is 2. The van der Waals surface area contributed by atoms with E-state index in [1.165, 1.54) is 6.07 Å². The number of hydrogen-bond donors (Lipinski definition) is 1. The molecule has 0 aliphatic carbocycles. The number of alkyl halides is 1. The molecule has 70 valence electrons. The van der Waals surface area contributed by atoms with E-state index in [0.717, 1.165) is 6.07 Å². The third kappa shape index (κ3) is 2.11. The minimum atomic E-state index is -0.701. The van der Waals surface area contributed by atoms with Crippen LogP contribution in [0.2, 0.25) is 5.02 Å². The zero-order valence-corrected chi connectivity index (χ0v) is 7.99. The first-order valence-electron chi connectivity index (χ1n) is 3.40. The molecule has 13 heavy (non-hydrogen) atoms. The molecular weight excluding hydrogens is 216 g/mol. The summed E-state index contributed by atoms with van der Waals surface area (Å²) < 4.78 is 13.0. The molecule has 0 atom stereocenters. The van der Waals surface area contributed by atoms with Gasteiger partial charge in [-0.2, -0.15) is 0 Å². The van der Waals surface area contributed by atoms with Gasteiger partial charge in [0, 0.05) is 0 Å². The fraction of sp³-hybridized carbons (Fsp3) is 0.125. The van der Waals surface area contributed by atoms with Gasteiger partial charge >= 0.3 is 0 Å². The molecule has 0 saturated heterocycles. The van der Waals surface area contributed by atoms with E-state index in [2.05, 4.69) is 0 Å². The molecule has 1 rings (SSSR count). The number of Topliss-reactive ketones (excluding diaryl/α,β-unsaturated/α-hetero) is 1. The molecule has 1 aromatic carbocycles. The van der Waals surface area contributed by atoms with Gasteiger partial charge in [0.05, 0.1) is 22.2 Å². The first kappa shape index (κ1) is 10.3. The summed E-state index contributed by atoms with van der Waals surface area (Å²) in [6.45, 7) is 0. The quantitative estimate of drug-likeness (QED) is 0.474. The molecular formula is C8H6Cl2FNO. The Morgan fingerprint density at radius 1 is 1.54 bits per heavy atom. The summed E-state index contributed by atoms with van der Waals surface area (Å²) in [4.78, 5) is 11.0. The Hall–Kier alpha value is -0.800. The largest absolute Gasteiger partial charge is 0.397 e. The summed E-state index contributed by atoms with van der Waals surface area (Å²) in [5, 5.41) is 0.148. The average Bonchev–Trinajstić information content (AvgIpc) is 2.10. The highest BCUT2D eigenvalue weighted by Crippen LogP contribution is 2.23. The van der Waals surface area contributed by atoms with Gasteiger partial charge in [-0.25, -0.2) is 4.39 Å².